The number of methoxy groups -OCH3 is 1. The molecular weight excluding hydrogens is 454 g/mol. The summed E-state index contributed by atoms with van der Waals surface area (Å²) in [7, 11) is 1.61. The van der Waals surface area contributed by atoms with E-state index in [0.29, 0.717) is 10.8 Å². The largest absolute Gasteiger partial charge is 0.495 e. The van der Waals surface area contributed by atoms with Crippen LogP contribution in [0.3, 0.4) is 0 Å². The van der Waals surface area contributed by atoms with Gasteiger partial charge >= 0.3 is 6.09 Å². The highest BCUT2D eigenvalue weighted by atomic mass is 79.9. The highest BCUT2D eigenvalue weighted by molar-refractivity contribution is 9.10. The fourth-order valence-corrected chi connectivity index (χ4v) is 4.40. The van der Waals surface area contributed by atoms with Gasteiger partial charge in [0, 0.05) is 10.5 Å². The van der Waals surface area contributed by atoms with Gasteiger partial charge in [-0.25, -0.2) is 4.79 Å². The summed E-state index contributed by atoms with van der Waals surface area (Å²) in [4.78, 5) is 15.0. The summed E-state index contributed by atoms with van der Waals surface area (Å²) < 4.78 is 12.2. The number of carbonyl (C=O) groups excluding carboxylic acids is 1. The van der Waals surface area contributed by atoms with Crippen LogP contribution in [-0.2, 0) is 17.6 Å². The molecule has 1 aliphatic rings. The van der Waals surface area contributed by atoms with Crippen LogP contribution in [0.2, 0.25) is 5.02 Å². The zero-order valence-corrected chi connectivity index (χ0v) is 19.6. The number of halogens is 2. The standard InChI is InChI=1S/C23H27BrClNO3/c1-23(2,3)29-22(27)26-16(11-10-15-8-6-5-7-9-15)12-13-17-20(25)18(24)14-19(28-4)21(17)26/h5-9,14,16H,10-13H2,1-4H3. The summed E-state index contributed by atoms with van der Waals surface area (Å²) in [6.45, 7) is 5.63. The van der Waals surface area contributed by atoms with E-state index in [-0.39, 0.29) is 12.1 Å². The lowest BCUT2D eigenvalue weighted by molar-refractivity contribution is 0.0557. The van der Waals surface area contributed by atoms with Crippen molar-refractivity contribution in [2.75, 3.05) is 12.0 Å². The van der Waals surface area contributed by atoms with Gasteiger partial charge in [0.05, 0.1) is 17.8 Å². The van der Waals surface area contributed by atoms with Crippen LogP contribution in [0.25, 0.3) is 0 Å². The molecule has 0 bridgehead atoms. The highest BCUT2D eigenvalue weighted by Crippen LogP contribution is 2.46. The van der Waals surface area contributed by atoms with E-state index in [1.54, 1.807) is 12.0 Å². The summed E-state index contributed by atoms with van der Waals surface area (Å²) in [6.07, 6.45) is 2.95. The van der Waals surface area contributed by atoms with Crippen LogP contribution < -0.4 is 9.64 Å². The average Bonchev–Trinajstić information content (AvgIpc) is 2.68. The number of rotatable bonds is 4. The molecule has 156 valence electrons. The fourth-order valence-electron chi connectivity index (χ4n) is 3.72. The number of fused-ring (bicyclic) bond motifs is 1. The Bertz CT molecular complexity index is 880. The van der Waals surface area contributed by atoms with Crippen LogP contribution in [0.1, 0.15) is 44.7 Å². The van der Waals surface area contributed by atoms with Crippen molar-refractivity contribution >= 4 is 39.3 Å². The van der Waals surface area contributed by atoms with Gasteiger partial charge in [0.1, 0.15) is 11.4 Å². The first-order valence-electron chi connectivity index (χ1n) is 9.82. The SMILES string of the molecule is COc1cc(Br)c(Cl)c2c1N(C(=O)OC(C)(C)C)C(CCc1ccccc1)CC2. The fraction of sp³-hybridized carbons (Fsp3) is 0.435. The molecule has 1 amide bonds. The monoisotopic (exact) mass is 479 g/mol. The minimum Gasteiger partial charge on any atom is -0.495 e. The second-order valence-electron chi connectivity index (χ2n) is 8.27. The van der Waals surface area contributed by atoms with Crippen molar-refractivity contribution in [2.45, 2.75) is 58.1 Å². The van der Waals surface area contributed by atoms with E-state index in [1.165, 1.54) is 5.56 Å². The predicted octanol–water partition coefficient (Wildman–Crippen LogP) is 6.80. The van der Waals surface area contributed by atoms with Gasteiger partial charge in [-0.3, -0.25) is 4.90 Å². The first-order valence-corrected chi connectivity index (χ1v) is 11.0. The van der Waals surface area contributed by atoms with E-state index in [9.17, 15) is 4.79 Å². The summed E-state index contributed by atoms with van der Waals surface area (Å²) in [5.74, 6) is 0.617. The predicted molar refractivity (Wildman–Crippen MR) is 121 cm³/mol. The lowest BCUT2D eigenvalue weighted by atomic mass is 9.91. The molecule has 1 aliphatic heterocycles. The van der Waals surface area contributed by atoms with Gasteiger partial charge < -0.3 is 9.47 Å². The van der Waals surface area contributed by atoms with E-state index in [2.05, 4.69) is 28.1 Å². The Morgan fingerprint density at radius 1 is 1.28 bits per heavy atom. The summed E-state index contributed by atoms with van der Waals surface area (Å²) >= 11 is 10.1. The third-order valence-corrected chi connectivity index (χ3v) is 6.29. The quantitative estimate of drug-likeness (QED) is 0.483. The number of ether oxygens (including phenoxy) is 2. The van der Waals surface area contributed by atoms with E-state index >= 15 is 0 Å². The zero-order valence-electron chi connectivity index (χ0n) is 17.3. The molecule has 2 aromatic rings. The molecular formula is C23H27BrClNO3. The number of carbonyl (C=O) groups is 1. The molecule has 0 spiro atoms. The van der Waals surface area contributed by atoms with Crippen LogP contribution >= 0.6 is 27.5 Å². The Balaban J connectivity index is 1.99. The molecule has 0 saturated heterocycles. The van der Waals surface area contributed by atoms with Gasteiger partial charge in [-0.15, -0.1) is 0 Å². The molecule has 0 fully saturated rings. The Hall–Kier alpha value is -1.72. The minimum atomic E-state index is -0.592. The van der Waals surface area contributed by atoms with Crippen molar-refractivity contribution in [3.63, 3.8) is 0 Å². The average molecular weight is 481 g/mol. The minimum absolute atomic E-state index is 0.00342. The number of hydrogen-bond acceptors (Lipinski definition) is 3. The Morgan fingerprint density at radius 3 is 2.59 bits per heavy atom. The second kappa shape index (κ2) is 8.97. The molecule has 0 radical (unpaired) electrons. The Morgan fingerprint density at radius 2 is 1.97 bits per heavy atom. The van der Waals surface area contributed by atoms with Crippen molar-refractivity contribution in [3.8, 4) is 5.75 Å². The molecule has 0 N–H and O–H groups in total. The molecule has 1 heterocycles. The normalized spacial score (nSPS) is 16.3. The van der Waals surface area contributed by atoms with Gasteiger partial charge in [-0.05, 0) is 79.6 Å². The van der Waals surface area contributed by atoms with Gasteiger partial charge in [0.2, 0.25) is 0 Å². The molecule has 0 aliphatic carbocycles. The highest BCUT2D eigenvalue weighted by Gasteiger charge is 2.37. The molecule has 1 atom stereocenters. The molecule has 1 unspecified atom stereocenters. The van der Waals surface area contributed by atoms with Crippen molar-refractivity contribution < 1.29 is 14.3 Å². The van der Waals surface area contributed by atoms with Crippen molar-refractivity contribution in [1.29, 1.82) is 0 Å². The third kappa shape index (κ3) is 5.07. The van der Waals surface area contributed by atoms with Crippen LogP contribution in [0, 0.1) is 0 Å². The van der Waals surface area contributed by atoms with Gasteiger partial charge in [-0.2, -0.15) is 0 Å². The Labute approximate surface area is 186 Å². The van der Waals surface area contributed by atoms with Crippen molar-refractivity contribution in [2.24, 2.45) is 0 Å². The lowest BCUT2D eigenvalue weighted by Crippen LogP contribution is -2.46. The zero-order chi connectivity index (χ0) is 21.2. The van der Waals surface area contributed by atoms with Crippen molar-refractivity contribution in [1.82, 2.24) is 0 Å². The maximum absolute atomic E-state index is 13.3. The molecule has 0 saturated carbocycles. The summed E-state index contributed by atoms with van der Waals surface area (Å²) in [5.41, 5.74) is 2.30. The van der Waals surface area contributed by atoms with Crippen LogP contribution in [0.5, 0.6) is 5.75 Å². The first kappa shape index (κ1) is 22.0. The van der Waals surface area contributed by atoms with Gasteiger partial charge in [0.15, 0.2) is 0 Å². The maximum atomic E-state index is 13.3. The number of hydrogen-bond donors (Lipinski definition) is 0. The van der Waals surface area contributed by atoms with Crippen LogP contribution in [0.15, 0.2) is 40.9 Å². The van der Waals surface area contributed by atoms with E-state index in [1.807, 2.05) is 45.0 Å². The molecule has 2 aromatic carbocycles. The van der Waals surface area contributed by atoms with E-state index < -0.39 is 5.60 Å². The summed E-state index contributed by atoms with van der Waals surface area (Å²) in [5, 5.41) is 0.621. The van der Waals surface area contributed by atoms with E-state index in [4.69, 9.17) is 21.1 Å². The molecule has 0 aromatic heterocycles. The van der Waals surface area contributed by atoms with Crippen LogP contribution in [0.4, 0.5) is 10.5 Å². The number of anilines is 1. The molecule has 29 heavy (non-hydrogen) atoms. The first-order chi connectivity index (χ1) is 13.7. The lowest BCUT2D eigenvalue weighted by Gasteiger charge is -2.39. The summed E-state index contributed by atoms with van der Waals surface area (Å²) in [6, 6.07) is 12.1. The van der Waals surface area contributed by atoms with Crippen molar-refractivity contribution in [3.05, 3.63) is 57.0 Å². The third-order valence-electron chi connectivity index (χ3n) is 5.00. The van der Waals surface area contributed by atoms with Gasteiger partial charge in [0.25, 0.3) is 0 Å². The topological polar surface area (TPSA) is 38.8 Å². The molecule has 4 nitrogen and oxygen atoms in total. The van der Waals surface area contributed by atoms with Crippen LogP contribution in [-0.4, -0.2) is 24.8 Å². The number of benzene rings is 2. The van der Waals surface area contributed by atoms with Gasteiger partial charge in [-0.1, -0.05) is 41.9 Å². The molecule has 6 heteroatoms. The second-order valence-corrected chi connectivity index (χ2v) is 9.50. The maximum Gasteiger partial charge on any atom is 0.415 e. The smallest absolute Gasteiger partial charge is 0.415 e. The number of nitrogens with zero attached hydrogens (tertiary/aromatic N) is 1. The molecule has 3 rings (SSSR count). The number of aryl methyl sites for hydroxylation is 1. The Kier molecular flexibility index (Phi) is 6.79. The number of amides is 1. The van der Waals surface area contributed by atoms with E-state index in [0.717, 1.165) is 41.4 Å².